The van der Waals surface area contributed by atoms with E-state index in [0.29, 0.717) is 5.95 Å². The molecule has 0 atom stereocenters. The van der Waals surface area contributed by atoms with Gasteiger partial charge in [-0.1, -0.05) is 12.1 Å². The van der Waals surface area contributed by atoms with Gasteiger partial charge in [0.1, 0.15) is 0 Å². The summed E-state index contributed by atoms with van der Waals surface area (Å²) < 4.78 is 28.4. The standard InChI is InChI=1S/C17H21N7O2S/c1-12-9-19-17(22-14-10-20-24(2)11-14)23-16(12)13-3-5-15(6-4-13)27(25,26)21-8-7-18/h3-6,9-11,21H,7-8,18H2,1-2H3,(H,19,22,23). The second-order valence-electron chi connectivity index (χ2n) is 5.96. The highest BCUT2D eigenvalue weighted by atomic mass is 32.2. The zero-order valence-electron chi connectivity index (χ0n) is 15.0. The molecule has 0 spiro atoms. The van der Waals surface area contributed by atoms with E-state index in [1.807, 2.05) is 20.2 Å². The Hall–Kier alpha value is -2.82. The smallest absolute Gasteiger partial charge is 0.240 e. The van der Waals surface area contributed by atoms with Crippen LogP contribution in [-0.2, 0) is 17.1 Å². The third-order valence-corrected chi connectivity index (χ3v) is 5.28. The van der Waals surface area contributed by atoms with Crippen LogP contribution >= 0.6 is 0 Å². The molecule has 142 valence electrons. The number of nitrogens with two attached hydrogens (primary N) is 1. The van der Waals surface area contributed by atoms with Crippen LogP contribution in [0.1, 0.15) is 5.56 Å². The molecule has 4 N–H and O–H groups in total. The molecule has 0 saturated carbocycles. The summed E-state index contributed by atoms with van der Waals surface area (Å²) in [5.41, 5.74) is 8.52. The van der Waals surface area contributed by atoms with E-state index in [1.54, 1.807) is 41.3 Å². The van der Waals surface area contributed by atoms with Crippen molar-refractivity contribution in [1.82, 2.24) is 24.5 Å². The molecule has 0 aliphatic heterocycles. The number of rotatable bonds is 7. The van der Waals surface area contributed by atoms with Gasteiger partial charge in [-0.05, 0) is 24.6 Å². The van der Waals surface area contributed by atoms with Crippen LogP contribution in [0.25, 0.3) is 11.3 Å². The highest BCUT2D eigenvalue weighted by molar-refractivity contribution is 7.89. The van der Waals surface area contributed by atoms with Crippen molar-refractivity contribution in [2.24, 2.45) is 12.8 Å². The molecule has 1 aromatic carbocycles. The molecule has 3 rings (SSSR count). The minimum atomic E-state index is -3.56. The number of aromatic nitrogens is 4. The number of hydrogen-bond acceptors (Lipinski definition) is 7. The number of anilines is 2. The van der Waals surface area contributed by atoms with E-state index >= 15 is 0 Å². The summed E-state index contributed by atoms with van der Waals surface area (Å²) in [6, 6.07) is 6.54. The van der Waals surface area contributed by atoms with Gasteiger partial charge in [-0.2, -0.15) is 5.10 Å². The molecule has 0 radical (unpaired) electrons. The maximum absolute atomic E-state index is 12.2. The summed E-state index contributed by atoms with van der Waals surface area (Å²) in [6.45, 7) is 2.33. The zero-order valence-corrected chi connectivity index (χ0v) is 15.9. The van der Waals surface area contributed by atoms with Gasteiger partial charge in [0, 0.05) is 38.1 Å². The average Bonchev–Trinajstić information content (AvgIpc) is 3.06. The van der Waals surface area contributed by atoms with Gasteiger partial charge in [-0.25, -0.2) is 23.1 Å². The Labute approximate surface area is 157 Å². The van der Waals surface area contributed by atoms with Gasteiger partial charge in [-0.3, -0.25) is 4.68 Å². The molecule has 3 aromatic rings. The molecular formula is C17H21N7O2S. The summed E-state index contributed by atoms with van der Waals surface area (Å²) >= 11 is 0. The molecule has 0 bridgehead atoms. The zero-order chi connectivity index (χ0) is 19.4. The first-order valence-corrected chi connectivity index (χ1v) is 9.77. The monoisotopic (exact) mass is 387 g/mol. The van der Waals surface area contributed by atoms with Gasteiger partial charge in [0.25, 0.3) is 0 Å². The van der Waals surface area contributed by atoms with Crippen LogP contribution in [0.5, 0.6) is 0 Å². The van der Waals surface area contributed by atoms with Crippen LogP contribution in [-0.4, -0.2) is 41.3 Å². The lowest BCUT2D eigenvalue weighted by molar-refractivity contribution is 0.582. The SMILES string of the molecule is Cc1cnc(Nc2cnn(C)c2)nc1-c1ccc(S(=O)(=O)NCCN)cc1. The van der Waals surface area contributed by atoms with E-state index in [1.165, 1.54) is 0 Å². The summed E-state index contributed by atoms with van der Waals surface area (Å²) in [5, 5.41) is 7.19. The highest BCUT2D eigenvalue weighted by Crippen LogP contribution is 2.24. The van der Waals surface area contributed by atoms with Crippen LogP contribution in [0.15, 0.2) is 47.8 Å². The molecule has 9 nitrogen and oxygen atoms in total. The number of nitrogens with zero attached hydrogens (tertiary/aromatic N) is 4. The predicted octanol–water partition coefficient (Wildman–Crippen LogP) is 1.17. The van der Waals surface area contributed by atoms with Gasteiger partial charge in [-0.15, -0.1) is 0 Å². The van der Waals surface area contributed by atoms with E-state index in [4.69, 9.17) is 5.73 Å². The van der Waals surface area contributed by atoms with Crippen molar-refractivity contribution in [1.29, 1.82) is 0 Å². The van der Waals surface area contributed by atoms with Crippen LogP contribution in [0.3, 0.4) is 0 Å². The maximum atomic E-state index is 12.2. The Morgan fingerprint density at radius 2 is 1.93 bits per heavy atom. The van der Waals surface area contributed by atoms with Gasteiger partial charge < -0.3 is 11.1 Å². The fourth-order valence-electron chi connectivity index (χ4n) is 2.48. The summed E-state index contributed by atoms with van der Waals surface area (Å²) in [7, 11) is -1.74. The first-order valence-electron chi connectivity index (χ1n) is 8.28. The van der Waals surface area contributed by atoms with Crippen molar-refractivity contribution < 1.29 is 8.42 Å². The Morgan fingerprint density at radius 1 is 1.19 bits per heavy atom. The molecule has 2 aromatic heterocycles. The number of benzene rings is 1. The normalized spacial score (nSPS) is 11.5. The molecule has 10 heteroatoms. The molecular weight excluding hydrogens is 366 g/mol. The molecule has 2 heterocycles. The van der Waals surface area contributed by atoms with E-state index in [-0.39, 0.29) is 18.0 Å². The molecule has 0 amide bonds. The quantitative estimate of drug-likeness (QED) is 0.555. The topological polar surface area (TPSA) is 128 Å². The second kappa shape index (κ2) is 7.82. The Kier molecular flexibility index (Phi) is 5.49. The maximum Gasteiger partial charge on any atom is 0.240 e. The van der Waals surface area contributed by atoms with E-state index in [0.717, 1.165) is 22.5 Å². The van der Waals surface area contributed by atoms with Crippen molar-refractivity contribution in [2.45, 2.75) is 11.8 Å². The van der Waals surface area contributed by atoms with E-state index < -0.39 is 10.0 Å². The lowest BCUT2D eigenvalue weighted by Gasteiger charge is -2.10. The third-order valence-electron chi connectivity index (χ3n) is 3.81. The Morgan fingerprint density at radius 3 is 2.56 bits per heavy atom. The summed E-state index contributed by atoms with van der Waals surface area (Å²) in [6.07, 6.45) is 5.21. The third kappa shape index (κ3) is 4.48. The lowest BCUT2D eigenvalue weighted by Crippen LogP contribution is -2.29. The van der Waals surface area contributed by atoms with Crippen molar-refractivity contribution in [2.75, 3.05) is 18.4 Å². The minimum Gasteiger partial charge on any atom is -0.329 e. The van der Waals surface area contributed by atoms with Gasteiger partial charge in [0.05, 0.1) is 22.5 Å². The summed E-state index contributed by atoms with van der Waals surface area (Å²) in [5.74, 6) is 0.435. The van der Waals surface area contributed by atoms with Crippen LogP contribution in [0.4, 0.5) is 11.6 Å². The molecule has 0 saturated heterocycles. The Bertz CT molecular complexity index is 1030. The Balaban J connectivity index is 1.86. The van der Waals surface area contributed by atoms with E-state index in [2.05, 4.69) is 25.1 Å². The van der Waals surface area contributed by atoms with Gasteiger partial charge in [0.15, 0.2) is 0 Å². The van der Waals surface area contributed by atoms with Gasteiger partial charge >= 0.3 is 0 Å². The number of aryl methyl sites for hydroxylation is 2. The molecule has 0 fully saturated rings. The molecule has 0 aliphatic rings. The van der Waals surface area contributed by atoms with Crippen LogP contribution in [0, 0.1) is 6.92 Å². The van der Waals surface area contributed by atoms with Crippen molar-refractivity contribution in [3.05, 3.63) is 48.4 Å². The minimum absolute atomic E-state index is 0.181. The predicted molar refractivity (Wildman–Crippen MR) is 103 cm³/mol. The van der Waals surface area contributed by atoms with Crippen molar-refractivity contribution >= 4 is 21.7 Å². The number of nitrogens with one attached hydrogen (secondary N) is 2. The number of sulfonamides is 1. The first-order chi connectivity index (χ1) is 12.9. The molecule has 0 aliphatic carbocycles. The number of hydrogen-bond donors (Lipinski definition) is 3. The van der Waals surface area contributed by atoms with Crippen LogP contribution in [0.2, 0.25) is 0 Å². The first kappa shape index (κ1) is 19.0. The summed E-state index contributed by atoms with van der Waals surface area (Å²) in [4.78, 5) is 9.01. The lowest BCUT2D eigenvalue weighted by atomic mass is 10.1. The van der Waals surface area contributed by atoms with Gasteiger partial charge in [0.2, 0.25) is 16.0 Å². The highest BCUT2D eigenvalue weighted by Gasteiger charge is 2.14. The fourth-order valence-corrected chi connectivity index (χ4v) is 3.53. The molecule has 0 unspecified atom stereocenters. The van der Waals surface area contributed by atoms with E-state index in [9.17, 15) is 8.42 Å². The van der Waals surface area contributed by atoms with Crippen LogP contribution < -0.4 is 15.8 Å². The van der Waals surface area contributed by atoms with Crippen molar-refractivity contribution in [3.8, 4) is 11.3 Å². The van der Waals surface area contributed by atoms with Crippen molar-refractivity contribution in [3.63, 3.8) is 0 Å². The molecule has 27 heavy (non-hydrogen) atoms. The second-order valence-corrected chi connectivity index (χ2v) is 7.73. The largest absolute Gasteiger partial charge is 0.329 e. The fraction of sp³-hybridized carbons (Fsp3) is 0.235. The average molecular weight is 387 g/mol.